The zero-order valence-electron chi connectivity index (χ0n) is 21.7. The lowest BCUT2D eigenvalue weighted by atomic mass is 10.0. The van der Waals surface area contributed by atoms with Crippen molar-refractivity contribution in [3.63, 3.8) is 0 Å². The molecule has 1 heterocycles. The number of benzene rings is 3. The molecule has 1 atom stereocenters. The number of carbonyl (C=O) groups is 2. The van der Waals surface area contributed by atoms with Gasteiger partial charge in [-0.2, -0.15) is 0 Å². The topological polar surface area (TPSA) is 98.1 Å². The van der Waals surface area contributed by atoms with Gasteiger partial charge in [0, 0.05) is 23.2 Å². The fraction of sp³-hybridized carbons (Fsp3) is 0.241. The van der Waals surface area contributed by atoms with Crippen LogP contribution in [-0.4, -0.2) is 39.4 Å². The fourth-order valence-corrected chi connectivity index (χ4v) is 4.84. The molecular formula is C29H31N5O3S. The van der Waals surface area contributed by atoms with Gasteiger partial charge in [0.25, 0.3) is 5.91 Å². The van der Waals surface area contributed by atoms with Gasteiger partial charge in [0.05, 0.1) is 18.9 Å². The highest BCUT2D eigenvalue weighted by Crippen LogP contribution is 2.27. The van der Waals surface area contributed by atoms with E-state index in [-0.39, 0.29) is 23.5 Å². The molecular weight excluding hydrogens is 498 g/mol. The van der Waals surface area contributed by atoms with E-state index >= 15 is 0 Å². The van der Waals surface area contributed by atoms with Crippen LogP contribution in [0.5, 0.6) is 5.75 Å². The van der Waals surface area contributed by atoms with Gasteiger partial charge in [0.15, 0.2) is 11.0 Å². The number of rotatable bonds is 11. The Kier molecular flexibility index (Phi) is 8.81. The van der Waals surface area contributed by atoms with E-state index in [0.29, 0.717) is 28.8 Å². The molecule has 0 saturated heterocycles. The number of ether oxygens (including phenoxy) is 1. The van der Waals surface area contributed by atoms with E-state index < -0.39 is 6.04 Å². The lowest BCUT2D eigenvalue weighted by molar-refractivity contribution is -0.113. The van der Waals surface area contributed by atoms with Crippen molar-refractivity contribution in [2.45, 2.75) is 31.6 Å². The Morgan fingerprint density at radius 1 is 1.05 bits per heavy atom. The molecule has 0 aliphatic heterocycles. The fourth-order valence-electron chi connectivity index (χ4n) is 4.08. The molecule has 0 radical (unpaired) electrons. The van der Waals surface area contributed by atoms with Crippen LogP contribution in [0.3, 0.4) is 0 Å². The predicted octanol–water partition coefficient (Wildman–Crippen LogP) is 5.48. The monoisotopic (exact) mass is 529 g/mol. The van der Waals surface area contributed by atoms with Crippen LogP contribution >= 0.6 is 11.8 Å². The number of nitrogens with zero attached hydrogens (tertiary/aromatic N) is 3. The molecule has 1 aromatic heterocycles. The number of hydrogen-bond acceptors (Lipinski definition) is 6. The van der Waals surface area contributed by atoms with Gasteiger partial charge in [-0.15, -0.1) is 16.8 Å². The normalized spacial score (nSPS) is 11.8. The zero-order chi connectivity index (χ0) is 27.1. The van der Waals surface area contributed by atoms with E-state index in [1.54, 1.807) is 37.5 Å². The Hall–Kier alpha value is -4.11. The number of allylic oxidation sites excluding steroid dienone is 1. The van der Waals surface area contributed by atoms with Crippen molar-refractivity contribution in [3.8, 4) is 5.75 Å². The van der Waals surface area contributed by atoms with Crippen molar-refractivity contribution >= 4 is 40.0 Å². The number of hydrogen-bond donors (Lipinski definition) is 2. The molecule has 0 aliphatic carbocycles. The summed E-state index contributed by atoms with van der Waals surface area (Å²) in [5, 5.41) is 17.5. The van der Waals surface area contributed by atoms with Gasteiger partial charge >= 0.3 is 0 Å². The van der Waals surface area contributed by atoms with E-state index in [9.17, 15) is 9.59 Å². The predicted molar refractivity (Wildman–Crippen MR) is 152 cm³/mol. The van der Waals surface area contributed by atoms with Gasteiger partial charge in [0.1, 0.15) is 5.75 Å². The highest BCUT2D eigenvalue weighted by molar-refractivity contribution is 7.99. The summed E-state index contributed by atoms with van der Waals surface area (Å²) < 4.78 is 7.07. The van der Waals surface area contributed by atoms with Gasteiger partial charge in [-0.3, -0.25) is 9.59 Å². The van der Waals surface area contributed by atoms with Gasteiger partial charge < -0.3 is 19.9 Å². The Morgan fingerprint density at radius 3 is 2.50 bits per heavy atom. The number of amides is 2. The molecule has 9 heteroatoms. The maximum absolute atomic E-state index is 13.0. The van der Waals surface area contributed by atoms with Crippen molar-refractivity contribution in [1.29, 1.82) is 0 Å². The summed E-state index contributed by atoms with van der Waals surface area (Å²) in [5.41, 5.74) is 1.29. The maximum atomic E-state index is 13.0. The largest absolute Gasteiger partial charge is 0.497 e. The highest BCUT2D eigenvalue weighted by Gasteiger charge is 2.26. The van der Waals surface area contributed by atoms with Crippen molar-refractivity contribution in [1.82, 2.24) is 20.1 Å². The third-order valence-electron chi connectivity index (χ3n) is 6.04. The summed E-state index contributed by atoms with van der Waals surface area (Å²) in [6.45, 7) is 8.32. The average molecular weight is 530 g/mol. The number of nitrogens with one attached hydrogen (secondary N) is 2. The first-order chi connectivity index (χ1) is 18.4. The first-order valence-corrected chi connectivity index (χ1v) is 13.3. The number of methoxy groups -OCH3 is 1. The molecule has 4 aromatic rings. The smallest absolute Gasteiger partial charge is 0.251 e. The second-order valence-electron chi connectivity index (χ2n) is 9.03. The van der Waals surface area contributed by atoms with Crippen LogP contribution in [0.25, 0.3) is 10.8 Å². The van der Waals surface area contributed by atoms with Crippen molar-refractivity contribution in [2.75, 3.05) is 18.2 Å². The minimum Gasteiger partial charge on any atom is -0.497 e. The number of carbonyl (C=O) groups excluding carboxylic acids is 2. The number of thioether (sulfide) groups is 1. The Morgan fingerprint density at radius 2 is 1.79 bits per heavy atom. The lowest BCUT2D eigenvalue weighted by Gasteiger charge is -2.22. The molecule has 3 aromatic carbocycles. The minimum atomic E-state index is -0.393. The summed E-state index contributed by atoms with van der Waals surface area (Å²) in [4.78, 5) is 25.8. The van der Waals surface area contributed by atoms with Crippen LogP contribution in [0.15, 0.2) is 84.5 Å². The Labute approximate surface area is 226 Å². The van der Waals surface area contributed by atoms with Crippen molar-refractivity contribution in [2.24, 2.45) is 5.92 Å². The number of aromatic nitrogens is 3. The van der Waals surface area contributed by atoms with Crippen LogP contribution in [-0.2, 0) is 11.3 Å². The van der Waals surface area contributed by atoms with E-state index in [4.69, 9.17) is 4.74 Å². The minimum absolute atomic E-state index is 0.0393. The molecule has 8 nitrogen and oxygen atoms in total. The van der Waals surface area contributed by atoms with Crippen LogP contribution in [0.1, 0.15) is 36.1 Å². The summed E-state index contributed by atoms with van der Waals surface area (Å²) in [5.74, 6) is 1.12. The molecule has 0 unspecified atom stereocenters. The third kappa shape index (κ3) is 6.23. The van der Waals surface area contributed by atoms with Gasteiger partial charge in [-0.05, 0) is 41.6 Å². The maximum Gasteiger partial charge on any atom is 0.251 e. The molecule has 0 spiro atoms. The number of fused-ring (bicyclic) bond motifs is 1. The Bertz CT molecular complexity index is 1430. The Balaban J connectivity index is 1.48. The molecule has 2 N–H and O–H groups in total. The summed E-state index contributed by atoms with van der Waals surface area (Å²) in [7, 11) is 1.58. The molecule has 2 amide bonds. The second-order valence-corrected chi connectivity index (χ2v) is 9.97. The molecule has 0 fully saturated rings. The van der Waals surface area contributed by atoms with Crippen LogP contribution in [0.2, 0.25) is 0 Å². The van der Waals surface area contributed by atoms with E-state index in [2.05, 4.69) is 27.4 Å². The summed E-state index contributed by atoms with van der Waals surface area (Å²) in [6.07, 6.45) is 1.75. The quantitative estimate of drug-likeness (QED) is 0.197. The van der Waals surface area contributed by atoms with Crippen LogP contribution in [0.4, 0.5) is 5.69 Å². The molecule has 196 valence electrons. The summed E-state index contributed by atoms with van der Waals surface area (Å²) >= 11 is 1.29. The molecule has 0 bridgehead atoms. The average Bonchev–Trinajstić information content (AvgIpc) is 3.32. The standard InChI is InChI=1S/C29H31N5O3S/c1-5-17-34-27(26(19(2)3)31-28(36)21-13-15-22(37-4)16-14-21)32-33-29(34)38-18-25(35)30-24-12-8-10-20-9-6-7-11-23(20)24/h5-16,19,26H,1,17-18H2,2-4H3,(H,30,35)(H,31,36)/t26-/m1/s1. The molecule has 38 heavy (non-hydrogen) atoms. The first kappa shape index (κ1) is 26.9. The highest BCUT2D eigenvalue weighted by atomic mass is 32.2. The molecule has 0 saturated carbocycles. The van der Waals surface area contributed by atoms with E-state index in [1.165, 1.54) is 11.8 Å². The van der Waals surface area contributed by atoms with Gasteiger partial charge in [-0.25, -0.2) is 0 Å². The third-order valence-corrected chi connectivity index (χ3v) is 7.00. The zero-order valence-corrected chi connectivity index (χ0v) is 22.5. The SMILES string of the molecule is C=CCn1c(SCC(=O)Nc2cccc3ccccc23)nnc1[C@H](NC(=O)c1ccc(OC)cc1)C(C)C. The van der Waals surface area contributed by atoms with Gasteiger partial charge in [0.2, 0.25) is 5.91 Å². The van der Waals surface area contributed by atoms with Crippen LogP contribution in [0, 0.1) is 5.92 Å². The van der Waals surface area contributed by atoms with E-state index in [0.717, 1.165) is 16.5 Å². The lowest BCUT2D eigenvalue weighted by Crippen LogP contribution is -2.33. The first-order valence-electron chi connectivity index (χ1n) is 12.3. The summed E-state index contributed by atoms with van der Waals surface area (Å²) in [6, 6.07) is 20.3. The van der Waals surface area contributed by atoms with Gasteiger partial charge in [-0.1, -0.05) is 68.1 Å². The molecule has 4 rings (SSSR count). The number of anilines is 1. The van der Waals surface area contributed by atoms with Crippen molar-refractivity contribution < 1.29 is 14.3 Å². The van der Waals surface area contributed by atoms with Crippen LogP contribution < -0.4 is 15.4 Å². The van der Waals surface area contributed by atoms with E-state index in [1.807, 2.05) is 60.9 Å². The second kappa shape index (κ2) is 12.4. The molecule has 0 aliphatic rings. The van der Waals surface area contributed by atoms with Crippen molar-refractivity contribution in [3.05, 3.63) is 90.8 Å².